The highest BCUT2D eigenvalue weighted by Crippen LogP contribution is 2.56. The topological polar surface area (TPSA) is 81.1 Å². The zero-order valence-electron chi connectivity index (χ0n) is 26.1. The minimum atomic E-state index is -1.30. The number of likely N-dealkylation sites (tertiary alicyclic amines) is 1. The second-order valence-electron chi connectivity index (χ2n) is 13.6. The molecule has 1 N–H and O–H groups in total. The number of benzene rings is 1. The van der Waals surface area contributed by atoms with Crippen molar-refractivity contribution in [2.75, 3.05) is 19.6 Å². The first-order chi connectivity index (χ1) is 21.8. The molecule has 5 heterocycles. The summed E-state index contributed by atoms with van der Waals surface area (Å²) in [5, 5.41) is 4.45. The molecule has 1 saturated carbocycles. The summed E-state index contributed by atoms with van der Waals surface area (Å²) < 4.78 is 30.1. The number of fused-ring (bicyclic) bond motifs is 1. The van der Waals surface area contributed by atoms with E-state index >= 15 is 4.39 Å². The van der Waals surface area contributed by atoms with Gasteiger partial charge in [-0.15, -0.1) is 0 Å². The molecule has 1 aromatic carbocycles. The highest BCUT2D eigenvalue weighted by molar-refractivity contribution is 8.18. The molecule has 0 bridgehead atoms. The van der Waals surface area contributed by atoms with Gasteiger partial charge < -0.3 is 20.0 Å². The van der Waals surface area contributed by atoms with E-state index in [1.165, 1.54) is 28.8 Å². The van der Waals surface area contributed by atoms with Crippen LogP contribution in [0.25, 0.3) is 0 Å². The molecule has 244 valence electrons. The summed E-state index contributed by atoms with van der Waals surface area (Å²) in [4.78, 5) is 43.6. The first-order valence-electron chi connectivity index (χ1n) is 15.7. The third-order valence-corrected chi connectivity index (χ3v) is 11.6. The van der Waals surface area contributed by atoms with Gasteiger partial charge in [0.1, 0.15) is 33.6 Å². The van der Waals surface area contributed by atoms with Gasteiger partial charge in [-0.25, -0.2) is 18.8 Å². The van der Waals surface area contributed by atoms with Crippen LogP contribution in [0.2, 0.25) is 10.2 Å². The van der Waals surface area contributed by atoms with Gasteiger partial charge in [0.2, 0.25) is 5.91 Å². The van der Waals surface area contributed by atoms with Crippen LogP contribution >= 0.6 is 35.0 Å². The maximum absolute atomic E-state index is 15.1. The van der Waals surface area contributed by atoms with Crippen LogP contribution in [0.1, 0.15) is 64.1 Å². The van der Waals surface area contributed by atoms with Crippen LogP contribution in [-0.4, -0.2) is 80.1 Å². The summed E-state index contributed by atoms with van der Waals surface area (Å²) in [5.41, 5.74) is 1.10. The molecule has 7 rings (SSSR count). The van der Waals surface area contributed by atoms with Crippen molar-refractivity contribution < 1.29 is 18.4 Å². The summed E-state index contributed by atoms with van der Waals surface area (Å²) in [6.45, 7) is 8.99. The number of alkyl halides is 1. The maximum atomic E-state index is 15.1. The van der Waals surface area contributed by atoms with Crippen molar-refractivity contribution >= 4 is 51.9 Å². The summed E-state index contributed by atoms with van der Waals surface area (Å²) in [5.74, 6) is -1.31. The molecule has 5 aliphatic rings. The van der Waals surface area contributed by atoms with Gasteiger partial charge in [-0.1, -0.05) is 49.2 Å². The van der Waals surface area contributed by atoms with Crippen LogP contribution in [0.5, 0.6) is 0 Å². The van der Waals surface area contributed by atoms with E-state index in [1.54, 1.807) is 18.3 Å². The molecule has 2 saturated heterocycles. The Morgan fingerprint density at radius 1 is 1.15 bits per heavy atom. The molecule has 2 amide bonds. The van der Waals surface area contributed by atoms with Gasteiger partial charge in [-0.3, -0.25) is 9.59 Å². The molecule has 1 spiro atoms. The lowest BCUT2D eigenvalue weighted by molar-refractivity contribution is -0.144. The highest BCUT2D eigenvalue weighted by atomic mass is 35.5. The van der Waals surface area contributed by atoms with Crippen LogP contribution in [0.3, 0.4) is 0 Å². The van der Waals surface area contributed by atoms with Gasteiger partial charge in [0, 0.05) is 48.5 Å². The predicted molar refractivity (Wildman–Crippen MR) is 176 cm³/mol. The summed E-state index contributed by atoms with van der Waals surface area (Å²) >= 11 is 13.4. The number of pyridine rings is 1. The molecule has 13 heteroatoms. The minimum absolute atomic E-state index is 0.000899. The molecule has 4 aliphatic heterocycles. The third kappa shape index (κ3) is 5.22. The van der Waals surface area contributed by atoms with E-state index in [2.05, 4.69) is 10.3 Å². The maximum Gasteiger partial charge on any atom is 0.263 e. The van der Waals surface area contributed by atoms with E-state index in [9.17, 15) is 14.0 Å². The highest BCUT2D eigenvalue weighted by Gasteiger charge is 2.55. The lowest BCUT2D eigenvalue weighted by Crippen LogP contribution is -2.61. The van der Waals surface area contributed by atoms with E-state index in [1.807, 2.05) is 43.6 Å². The first-order valence-corrected chi connectivity index (χ1v) is 17.3. The number of hydrogen-bond donors (Lipinski definition) is 1. The van der Waals surface area contributed by atoms with Gasteiger partial charge in [0.25, 0.3) is 5.91 Å². The number of hydrogen-bond acceptors (Lipinski definition) is 7. The van der Waals surface area contributed by atoms with Gasteiger partial charge in [-0.05, 0) is 68.1 Å². The largest absolute Gasteiger partial charge is 0.335 e. The number of nitrogens with one attached hydrogen (secondary N) is 1. The van der Waals surface area contributed by atoms with Crippen LogP contribution in [-0.2, 0) is 15.1 Å². The van der Waals surface area contributed by atoms with Crippen molar-refractivity contribution in [2.24, 2.45) is 10.9 Å². The zero-order valence-corrected chi connectivity index (χ0v) is 28.4. The lowest BCUT2D eigenvalue weighted by atomic mass is 9.81. The number of thioether (sulfide) groups is 1. The van der Waals surface area contributed by atoms with E-state index in [0.717, 1.165) is 18.4 Å². The van der Waals surface area contributed by atoms with E-state index in [-0.39, 0.29) is 47.3 Å². The van der Waals surface area contributed by atoms with Gasteiger partial charge in [-0.2, -0.15) is 0 Å². The molecule has 46 heavy (non-hydrogen) atoms. The van der Waals surface area contributed by atoms with Crippen LogP contribution in [0.15, 0.2) is 52.1 Å². The molecule has 5 atom stereocenters. The Hall–Kier alpha value is -2.73. The Kier molecular flexibility index (Phi) is 7.93. The van der Waals surface area contributed by atoms with Gasteiger partial charge in [0.05, 0.1) is 17.6 Å². The van der Waals surface area contributed by atoms with Gasteiger partial charge >= 0.3 is 0 Å². The van der Waals surface area contributed by atoms with Crippen molar-refractivity contribution in [2.45, 2.75) is 82.3 Å². The minimum Gasteiger partial charge on any atom is -0.335 e. The fourth-order valence-electron chi connectivity index (χ4n) is 7.35. The fourth-order valence-corrected chi connectivity index (χ4v) is 8.94. The Bertz CT molecular complexity index is 1670. The van der Waals surface area contributed by atoms with E-state index < -0.39 is 29.6 Å². The summed E-state index contributed by atoms with van der Waals surface area (Å²) in [6.07, 6.45) is 2.34. The van der Waals surface area contributed by atoms with E-state index in [0.29, 0.717) is 39.6 Å². The average Bonchev–Trinajstić information content (AvgIpc) is 3.34. The van der Waals surface area contributed by atoms with Crippen LogP contribution in [0, 0.1) is 11.7 Å². The van der Waals surface area contributed by atoms with Crippen molar-refractivity contribution in [3.05, 3.63) is 74.3 Å². The second kappa shape index (κ2) is 11.5. The van der Waals surface area contributed by atoms with Crippen LogP contribution < -0.4 is 5.32 Å². The number of halogens is 4. The number of aliphatic imine (C=N–C) groups is 1. The summed E-state index contributed by atoms with van der Waals surface area (Å²) in [6, 6.07) is 6.72. The molecule has 2 aromatic rings. The Morgan fingerprint density at radius 3 is 2.57 bits per heavy atom. The zero-order chi connectivity index (χ0) is 32.7. The number of carbonyl (C=O) groups excluding carboxylic acids is 2. The molecule has 1 aromatic heterocycles. The average molecular weight is 690 g/mol. The smallest absolute Gasteiger partial charge is 0.263 e. The van der Waals surface area contributed by atoms with Crippen LogP contribution in [0.4, 0.5) is 8.78 Å². The number of carbonyl (C=O) groups is 2. The standard InChI is InChI=1S/C33H36Cl2F2N6O2S/c1-17(2)26-27(30(45)41-15-21(36)12-24(41)29(44)42-16-33(9-10-33)39-13-18(42)3)46-31-40-32(4,20-6-8-25(35)38-14-20)28(43(26)31)19-5-7-22(34)23(37)11-19/h5-8,11,14,17-18,21,24,28,39H,9-10,12-13,15-16H2,1-4H3/t18-,21-,24-,28-,32+/m1/s1. The SMILES string of the molecule is CC(C)C1=C(C(=O)N2C[C@H](F)C[C@@H]2C(=O)N2CC3(CC3)NC[C@H]2C)SC2=N[C@@](C)(c3ccc(Cl)nc3)[C@@H](c3ccc(Cl)c(F)c3)N21. The monoisotopic (exact) mass is 688 g/mol. The number of amidine groups is 1. The predicted octanol–water partition coefficient (Wildman–Crippen LogP) is 6.06. The molecule has 1 aliphatic carbocycles. The van der Waals surface area contributed by atoms with Crippen molar-refractivity contribution in [1.82, 2.24) is 25.0 Å². The molecule has 3 fully saturated rings. The number of piperazine rings is 1. The third-order valence-electron chi connectivity index (χ3n) is 10.0. The fraction of sp³-hybridized carbons (Fsp3) is 0.515. The van der Waals surface area contributed by atoms with E-state index in [4.69, 9.17) is 28.2 Å². The van der Waals surface area contributed by atoms with Crippen molar-refractivity contribution in [1.29, 1.82) is 0 Å². The Labute approximate surface area is 281 Å². The quantitative estimate of drug-likeness (QED) is 0.385. The Balaban J connectivity index is 1.27. The number of nitrogens with zero attached hydrogens (tertiary/aromatic N) is 5. The van der Waals surface area contributed by atoms with Crippen molar-refractivity contribution in [3.8, 4) is 0 Å². The normalized spacial score (nSPS) is 30.0. The number of aromatic nitrogens is 1. The lowest BCUT2D eigenvalue weighted by Gasteiger charge is -2.41. The molecule has 0 unspecified atom stereocenters. The second-order valence-corrected chi connectivity index (χ2v) is 15.4. The summed E-state index contributed by atoms with van der Waals surface area (Å²) in [7, 11) is 0. The number of amides is 2. The Morgan fingerprint density at radius 2 is 1.91 bits per heavy atom. The molecular weight excluding hydrogens is 653 g/mol. The van der Waals surface area contributed by atoms with Crippen molar-refractivity contribution in [3.63, 3.8) is 0 Å². The molecule has 0 radical (unpaired) electrons. The number of allylic oxidation sites excluding steroid dienone is 1. The number of rotatable bonds is 5. The first kappa shape index (κ1) is 31.8. The molecular formula is C33H36Cl2F2N6O2S. The van der Waals surface area contributed by atoms with Gasteiger partial charge in [0.15, 0.2) is 5.17 Å². The molecule has 8 nitrogen and oxygen atoms in total.